The lowest BCUT2D eigenvalue weighted by Gasteiger charge is -2.32. The van der Waals surface area contributed by atoms with Crippen LogP contribution in [0.3, 0.4) is 0 Å². The zero-order valence-corrected chi connectivity index (χ0v) is 9.00. The molecule has 5 heteroatoms. The Hall–Kier alpha value is 0.135. The van der Waals surface area contributed by atoms with Gasteiger partial charge in [-0.05, 0) is 6.42 Å². The predicted molar refractivity (Wildman–Crippen MR) is 52.5 cm³/mol. The summed E-state index contributed by atoms with van der Waals surface area (Å²) >= 11 is 0. The van der Waals surface area contributed by atoms with Crippen molar-refractivity contribution in [2.24, 2.45) is 5.92 Å². The fourth-order valence-corrected chi connectivity index (χ4v) is 4.47. The third kappa shape index (κ3) is 0.955. The van der Waals surface area contributed by atoms with Gasteiger partial charge in [-0.2, -0.15) is 0 Å². The molecular weight excluding hydrogens is 185 g/mol. The molecule has 2 aliphatic heterocycles. The number of likely N-dealkylation sites (N-methyl/N-ethyl adjacent to an activating group) is 1. The summed E-state index contributed by atoms with van der Waals surface area (Å²) in [4.78, 5) is -0.515. The highest BCUT2D eigenvalue weighted by Gasteiger charge is 2.63. The van der Waals surface area contributed by atoms with E-state index in [0.29, 0.717) is 0 Å². The standard InChI is InChI=1S/C8H14BNO2S/c1-4-8-5(2)6(7(9)12-8)10(3)13(8)11/h5-7H,4H2,1-3H3/t5?,6-,7+,8-,13?/m0/s1. The van der Waals surface area contributed by atoms with Gasteiger partial charge in [-0.3, -0.25) is 0 Å². The van der Waals surface area contributed by atoms with Crippen LogP contribution >= 0.6 is 0 Å². The lowest BCUT2D eigenvalue weighted by Crippen LogP contribution is -2.46. The highest BCUT2D eigenvalue weighted by Crippen LogP contribution is 2.49. The van der Waals surface area contributed by atoms with E-state index in [1.807, 2.05) is 18.3 Å². The van der Waals surface area contributed by atoms with Crippen molar-refractivity contribution in [2.45, 2.75) is 37.2 Å². The molecule has 2 rings (SSSR count). The van der Waals surface area contributed by atoms with Crippen LogP contribution in [0.15, 0.2) is 0 Å². The van der Waals surface area contributed by atoms with E-state index in [1.54, 1.807) is 0 Å². The van der Waals surface area contributed by atoms with Crippen molar-refractivity contribution in [3.8, 4) is 0 Å². The van der Waals surface area contributed by atoms with Gasteiger partial charge in [0.25, 0.3) is 0 Å². The number of rotatable bonds is 1. The maximum Gasteiger partial charge on any atom is 0.160 e. The Morgan fingerprint density at radius 1 is 1.69 bits per heavy atom. The van der Waals surface area contributed by atoms with Gasteiger partial charge in [-0.15, -0.1) is 0 Å². The fourth-order valence-electron chi connectivity index (χ4n) is 2.56. The summed E-state index contributed by atoms with van der Waals surface area (Å²) in [5.74, 6) is 0.262. The molecule has 72 valence electrons. The average molecular weight is 199 g/mol. The zero-order chi connectivity index (χ0) is 9.80. The molecule has 2 fully saturated rings. The van der Waals surface area contributed by atoms with Crippen LogP contribution in [-0.4, -0.2) is 40.4 Å². The first kappa shape index (κ1) is 9.68. The molecule has 0 aromatic heterocycles. The van der Waals surface area contributed by atoms with Gasteiger partial charge in [-0.1, -0.05) is 13.8 Å². The van der Waals surface area contributed by atoms with Crippen molar-refractivity contribution in [3.63, 3.8) is 0 Å². The third-order valence-corrected chi connectivity index (χ3v) is 5.46. The van der Waals surface area contributed by atoms with Gasteiger partial charge >= 0.3 is 0 Å². The van der Waals surface area contributed by atoms with E-state index in [2.05, 4.69) is 6.92 Å². The first-order valence-electron chi connectivity index (χ1n) is 4.63. The van der Waals surface area contributed by atoms with E-state index in [4.69, 9.17) is 12.6 Å². The van der Waals surface area contributed by atoms with Gasteiger partial charge in [-0.25, -0.2) is 8.51 Å². The minimum Gasteiger partial charge on any atom is -0.365 e. The summed E-state index contributed by atoms with van der Waals surface area (Å²) in [6, 6.07) is -0.168. The number of hydrogen-bond donors (Lipinski definition) is 0. The molecule has 3 nitrogen and oxygen atoms in total. The van der Waals surface area contributed by atoms with Crippen molar-refractivity contribution in [2.75, 3.05) is 7.05 Å². The molecule has 2 saturated heterocycles. The Balaban J connectivity index is 2.42. The van der Waals surface area contributed by atoms with E-state index in [1.165, 1.54) is 0 Å². The number of ether oxygens (including phenoxy) is 1. The Kier molecular flexibility index (Phi) is 2.09. The lowest BCUT2D eigenvalue weighted by molar-refractivity contribution is 0.0257. The summed E-state index contributed by atoms with van der Waals surface area (Å²) in [7, 11) is 6.65. The predicted octanol–water partition coefficient (Wildman–Crippen LogP) is 0.231. The van der Waals surface area contributed by atoms with Crippen LogP contribution < -0.4 is 0 Å². The molecule has 2 bridgehead atoms. The first-order valence-corrected chi connectivity index (χ1v) is 5.73. The van der Waals surface area contributed by atoms with Crippen LogP contribution in [0.4, 0.5) is 0 Å². The second-order valence-electron chi connectivity index (χ2n) is 3.82. The molecule has 2 heterocycles. The van der Waals surface area contributed by atoms with Crippen LogP contribution in [0.25, 0.3) is 0 Å². The van der Waals surface area contributed by atoms with Crippen LogP contribution in [0.2, 0.25) is 0 Å². The maximum absolute atomic E-state index is 11.9. The van der Waals surface area contributed by atoms with Crippen molar-refractivity contribution in [1.29, 1.82) is 0 Å². The second kappa shape index (κ2) is 2.81. The zero-order valence-electron chi connectivity index (χ0n) is 8.19. The van der Waals surface area contributed by atoms with Gasteiger partial charge < -0.3 is 4.74 Å². The van der Waals surface area contributed by atoms with E-state index < -0.39 is 15.9 Å². The van der Waals surface area contributed by atoms with Gasteiger partial charge in [0.1, 0.15) is 18.8 Å². The van der Waals surface area contributed by atoms with Crippen molar-refractivity contribution in [1.82, 2.24) is 4.31 Å². The minimum absolute atomic E-state index is 0.112. The quantitative estimate of drug-likeness (QED) is 0.566. The summed E-state index contributed by atoms with van der Waals surface area (Å²) in [6.07, 6.45) is 0.759. The average Bonchev–Trinajstić information content (AvgIpc) is 2.44. The summed E-state index contributed by atoms with van der Waals surface area (Å²) in [5, 5.41) is 0. The molecule has 2 aliphatic rings. The smallest absolute Gasteiger partial charge is 0.160 e. The van der Waals surface area contributed by atoms with Crippen molar-refractivity contribution in [3.05, 3.63) is 0 Å². The van der Waals surface area contributed by atoms with Crippen LogP contribution in [-0.2, 0) is 15.7 Å². The minimum atomic E-state index is -1.03. The summed E-state index contributed by atoms with van der Waals surface area (Å²) in [5.41, 5.74) is 0. The molecule has 5 atom stereocenters. The van der Waals surface area contributed by atoms with E-state index >= 15 is 0 Å². The molecule has 0 amide bonds. The highest BCUT2D eigenvalue weighted by molar-refractivity contribution is 7.84. The lowest BCUT2D eigenvalue weighted by atomic mass is 9.86. The summed E-state index contributed by atoms with van der Waals surface area (Å²) < 4.78 is 19.4. The molecule has 2 unspecified atom stereocenters. The molecule has 13 heavy (non-hydrogen) atoms. The Labute approximate surface area is 82.8 Å². The third-order valence-electron chi connectivity index (χ3n) is 3.35. The Morgan fingerprint density at radius 3 is 2.69 bits per heavy atom. The molecule has 0 aromatic rings. The van der Waals surface area contributed by atoms with E-state index in [-0.39, 0.29) is 18.0 Å². The molecule has 0 aliphatic carbocycles. The molecule has 0 spiro atoms. The molecule has 0 saturated carbocycles. The molecular formula is C8H14BNO2S. The number of hydrogen-bond acceptors (Lipinski definition) is 2. The van der Waals surface area contributed by atoms with Crippen molar-refractivity contribution >= 4 is 18.8 Å². The largest absolute Gasteiger partial charge is 0.365 e. The summed E-state index contributed by atoms with van der Waals surface area (Å²) in [6.45, 7) is 4.07. The highest BCUT2D eigenvalue weighted by atomic mass is 32.2. The molecule has 0 aromatic carbocycles. The van der Waals surface area contributed by atoms with Gasteiger partial charge in [0.15, 0.2) is 4.93 Å². The fraction of sp³-hybridized carbons (Fsp3) is 1.00. The maximum atomic E-state index is 11.9. The molecule has 0 N–H and O–H groups in total. The number of fused-ring (bicyclic) bond motifs is 2. The van der Waals surface area contributed by atoms with Crippen LogP contribution in [0, 0.1) is 5.92 Å². The van der Waals surface area contributed by atoms with Crippen molar-refractivity contribution < 1.29 is 8.95 Å². The normalized spacial score (nSPS) is 55.9. The van der Waals surface area contributed by atoms with Crippen LogP contribution in [0.5, 0.6) is 0 Å². The van der Waals surface area contributed by atoms with Gasteiger partial charge in [0, 0.05) is 25.0 Å². The van der Waals surface area contributed by atoms with Gasteiger partial charge in [0.05, 0.1) is 0 Å². The Bertz CT molecular complexity index is 263. The topological polar surface area (TPSA) is 29.5 Å². The second-order valence-corrected chi connectivity index (χ2v) is 5.59. The number of nitrogens with zero attached hydrogens (tertiary/aromatic N) is 1. The van der Waals surface area contributed by atoms with Gasteiger partial charge in [0.2, 0.25) is 0 Å². The monoisotopic (exact) mass is 199 g/mol. The Morgan fingerprint density at radius 2 is 2.31 bits per heavy atom. The molecule has 2 radical (unpaired) electrons. The first-order chi connectivity index (χ1) is 6.04. The SMILES string of the molecule is [B][C@@H]1O[C@]2(CC)C(C)[C@@H]1N(C)S2=O. The van der Waals surface area contributed by atoms with Crippen LogP contribution in [0.1, 0.15) is 20.3 Å². The van der Waals surface area contributed by atoms with E-state index in [0.717, 1.165) is 6.42 Å². The van der Waals surface area contributed by atoms with E-state index in [9.17, 15) is 4.21 Å².